The average Bonchev–Trinajstić information content (AvgIpc) is 3.15. The van der Waals surface area contributed by atoms with Gasteiger partial charge in [-0.2, -0.15) is 0 Å². The second-order valence-electron chi connectivity index (χ2n) is 5.64. The maximum atomic E-state index is 6.19. The van der Waals surface area contributed by atoms with Crippen molar-refractivity contribution in [3.05, 3.63) is 22.2 Å². The number of benzene rings is 1. The lowest BCUT2D eigenvalue weighted by atomic mass is 9.93. The molecule has 1 aromatic carbocycles. The highest BCUT2D eigenvalue weighted by Gasteiger charge is 2.46. The number of hydrogen-bond donors (Lipinski definition) is 1. The van der Waals surface area contributed by atoms with Crippen LogP contribution in [0.25, 0.3) is 0 Å². The third-order valence-electron chi connectivity index (χ3n) is 4.39. The zero-order valence-electron chi connectivity index (χ0n) is 11.2. The van der Waals surface area contributed by atoms with Crippen molar-refractivity contribution < 1.29 is 9.47 Å². The monoisotopic (exact) mass is 325 g/mol. The lowest BCUT2D eigenvalue weighted by molar-refractivity contribution is 0.114. The lowest BCUT2D eigenvalue weighted by Crippen LogP contribution is -2.27. The van der Waals surface area contributed by atoms with Crippen molar-refractivity contribution in [2.75, 3.05) is 13.7 Å². The molecule has 0 amide bonds. The Labute approximate surface area is 122 Å². The number of rotatable bonds is 5. The minimum atomic E-state index is 0.107. The fraction of sp³-hybridized carbons (Fsp3) is 0.600. The van der Waals surface area contributed by atoms with Gasteiger partial charge in [-0.1, -0.05) is 15.9 Å². The quantitative estimate of drug-likeness (QED) is 0.902. The van der Waals surface area contributed by atoms with E-state index in [4.69, 9.17) is 15.2 Å². The van der Waals surface area contributed by atoms with Crippen molar-refractivity contribution in [2.24, 2.45) is 5.73 Å². The van der Waals surface area contributed by atoms with Crippen LogP contribution in [0, 0.1) is 0 Å². The second-order valence-corrected chi connectivity index (χ2v) is 6.56. The SMILES string of the molecule is COc1cc(Br)cc(C2(CN)CC2)c1OC1CCC1. The summed E-state index contributed by atoms with van der Waals surface area (Å²) in [6.45, 7) is 0.674. The highest BCUT2D eigenvalue weighted by molar-refractivity contribution is 9.10. The molecular formula is C15H20BrNO2. The first-order valence-electron chi connectivity index (χ1n) is 6.93. The topological polar surface area (TPSA) is 44.5 Å². The normalized spacial score (nSPS) is 20.8. The smallest absolute Gasteiger partial charge is 0.165 e. The van der Waals surface area contributed by atoms with E-state index in [1.165, 1.54) is 12.0 Å². The molecular weight excluding hydrogens is 306 g/mol. The van der Waals surface area contributed by atoms with Gasteiger partial charge in [-0.15, -0.1) is 0 Å². The average molecular weight is 326 g/mol. The molecule has 2 N–H and O–H groups in total. The van der Waals surface area contributed by atoms with E-state index in [1.807, 2.05) is 6.07 Å². The van der Waals surface area contributed by atoms with E-state index in [1.54, 1.807) is 7.11 Å². The summed E-state index contributed by atoms with van der Waals surface area (Å²) in [4.78, 5) is 0. The fourth-order valence-electron chi connectivity index (χ4n) is 2.63. The minimum Gasteiger partial charge on any atom is -0.493 e. The molecule has 3 nitrogen and oxygen atoms in total. The molecule has 2 aliphatic rings. The van der Waals surface area contributed by atoms with Crippen molar-refractivity contribution in [3.63, 3.8) is 0 Å². The van der Waals surface area contributed by atoms with Crippen LogP contribution in [0.1, 0.15) is 37.7 Å². The molecule has 0 unspecified atom stereocenters. The predicted octanol–water partition coefficient (Wildman–Crippen LogP) is 3.38. The van der Waals surface area contributed by atoms with Gasteiger partial charge in [0.15, 0.2) is 11.5 Å². The maximum absolute atomic E-state index is 6.19. The van der Waals surface area contributed by atoms with Crippen molar-refractivity contribution >= 4 is 15.9 Å². The van der Waals surface area contributed by atoms with Gasteiger partial charge in [-0.3, -0.25) is 0 Å². The number of ether oxygens (including phenoxy) is 2. The zero-order chi connectivity index (χ0) is 13.5. The van der Waals surface area contributed by atoms with Gasteiger partial charge in [0.1, 0.15) is 0 Å². The van der Waals surface area contributed by atoms with Crippen molar-refractivity contribution in [1.82, 2.24) is 0 Å². The van der Waals surface area contributed by atoms with Crippen LogP contribution < -0.4 is 15.2 Å². The van der Waals surface area contributed by atoms with Gasteiger partial charge in [-0.25, -0.2) is 0 Å². The van der Waals surface area contributed by atoms with Gasteiger partial charge >= 0.3 is 0 Å². The molecule has 0 spiro atoms. The van der Waals surface area contributed by atoms with Crippen molar-refractivity contribution in [3.8, 4) is 11.5 Å². The minimum absolute atomic E-state index is 0.107. The Hall–Kier alpha value is -0.740. The largest absolute Gasteiger partial charge is 0.493 e. The van der Waals surface area contributed by atoms with E-state index < -0.39 is 0 Å². The fourth-order valence-corrected chi connectivity index (χ4v) is 3.06. The van der Waals surface area contributed by atoms with Crippen LogP contribution in [0.2, 0.25) is 0 Å². The molecule has 1 aromatic rings. The van der Waals surface area contributed by atoms with E-state index in [0.717, 1.165) is 41.7 Å². The van der Waals surface area contributed by atoms with E-state index in [0.29, 0.717) is 12.6 Å². The highest BCUT2D eigenvalue weighted by atomic mass is 79.9. The van der Waals surface area contributed by atoms with Crippen LogP contribution >= 0.6 is 15.9 Å². The summed E-state index contributed by atoms with van der Waals surface area (Å²) >= 11 is 3.56. The standard InChI is InChI=1S/C15H20BrNO2/c1-18-13-8-10(16)7-12(15(9-17)5-6-15)14(13)19-11-3-2-4-11/h7-8,11H,2-6,9,17H2,1H3. The van der Waals surface area contributed by atoms with Gasteiger partial charge in [0, 0.05) is 22.0 Å². The Balaban J connectivity index is 2.01. The van der Waals surface area contributed by atoms with Gasteiger partial charge < -0.3 is 15.2 Å². The Kier molecular flexibility index (Phi) is 3.48. The molecule has 0 saturated heterocycles. The second kappa shape index (κ2) is 4.98. The van der Waals surface area contributed by atoms with E-state index >= 15 is 0 Å². The third kappa shape index (κ3) is 2.36. The van der Waals surface area contributed by atoms with Crippen LogP contribution in [0.5, 0.6) is 11.5 Å². The zero-order valence-corrected chi connectivity index (χ0v) is 12.8. The summed E-state index contributed by atoms with van der Waals surface area (Å²) in [6.07, 6.45) is 6.19. The summed E-state index contributed by atoms with van der Waals surface area (Å²) in [5, 5.41) is 0. The van der Waals surface area contributed by atoms with Crippen LogP contribution in [-0.2, 0) is 5.41 Å². The molecule has 0 aromatic heterocycles. The van der Waals surface area contributed by atoms with Crippen LogP contribution in [-0.4, -0.2) is 19.8 Å². The number of methoxy groups -OCH3 is 1. The van der Waals surface area contributed by atoms with E-state index in [2.05, 4.69) is 22.0 Å². The molecule has 0 heterocycles. The molecule has 0 aliphatic heterocycles. The Morgan fingerprint density at radius 1 is 1.37 bits per heavy atom. The Morgan fingerprint density at radius 3 is 2.58 bits per heavy atom. The summed E-state index contributed by atoms with van der Waals surface area (Å²) in [5.74, 6) is 1.73. The molecule has 0 radical (unpaired) electrons. The molecule has 2 aliphatic carbocycles. The summed E-state index contributed by atoms with van der Waals surface area (Å²) < 4.78 is 12.7. The first-order valence-corrected chi connectivity index (χ1v) is 7.72. The molecule has 0 bridgehead atoms. The predicted molar refractivity (Wildman–Crippen MR) is 78.9 cm³/mol. The molecule has 0 atom stereocenters. The Bertz CT molecular complexity index is 481. The van der Waals surface area contributed by atoms with Gasteiger partial charge in [0.2, 0.25) is 0 Å². The van der Waals surface area contributed by atoms with Crippen LogP contribution in [0.15, 0.2) is 16.6 Å². The maximum Gasteiger partial charge on any atom is 0.165 e. The third-order valence-corrected chi connectivity index (χ3v) is 4.85. The van der Waals surface area contributed by atoms with Crippen molar-refractivity contribution in [1.29, 1.82) is 0 Å². The lowest BCUT2D eigenvalue weighted by Gasteiger charge is -2.30. The van der Waals surface area contributed by atoms with E-state index in [9.17, 15) is 0 Å². The number of hydrogen-bond acceptors (Lipinski definition) is 3. The molecule has 19 heavy (non-hydrogen) atoms. The van der Waals surface area contributed by atoms with Gasteiger partial charge in [-0.05, 0) is 44.2 Å². The molecule has 2 saturated carbocycles. The Morgan fingerprint density at radius 2 is 2.11 bits per heavy atom. The van der Waals surface area contributed by atoms with Crippen LogP contribution in [0.4, 0.5) is 0 Å². The molecule has 104 valence electrons. The van der Waals surface area contributed by atoms with Gasteiger partial charge in [0.25, 0.3) is 0 Å². The summed E-state index contributed by atoms with van der Waals surface area (Å²) in [7, 11) is 1.70. The highest BCUT2D eigenvalue weighted by Crippen LogP contribution is 2.54. The number of halogens is 1. The first-order chi connectivity index (χ1) is 9.18. The summed E-state index contributed by atoms with van der Waals surface area (Å²) in [5.41, 5.74) is 7.30. The number of nitrogens with two attached hydrogens (primary N) is 1. The van der Waals surface area contributed by atoms with E-state index in [-0.39, 0.29) is 5.41 Å². The molecule has 2 fully saturated rings. The van der Waals surface area contributed by atoms with Crippen LogP contribution in [0.3, 0.4) is 0 Å². The summed E-state index contributed by atoms with van der Waals surface area (Å²) in [6, 6.07) is 4.13. The molecule has 4 heteroatoms. The molecule has 3 rings (SSSR count). The van der Waals surface area contributed by atoms with Gasteiger partial charge in [0.05, 0.1) is 13.2 Å². The van der Waals surface area contributed by atoms with Crippen molar-refractivity contribution in [2.45, 2.75) is 43.6 Å². The first kappa shape index (κ1) is 13.3.